The Morgan fingerprint density at radius 1 is 1.15 bits per heavy atom. The number of benzene rings is 2. The molecule has 1 amide bonds. The molecule has 0 unspecified atom stereocenters. The standard InChI is InChI=1S/C22H22N4O/c1-3-7-21-19(15-24-20-9-6-5-8-17(20)4-2)22(27)26(25-21)18-12-10-16(14-23)11-13-18/h5-6,8-13,15,24H,3-4,7H2,1-2H3. The van der Waals surface area contributed by atoms with E-state index in [2.05, 4.69) is 36.4 Å². The van der Waals surface area contributed by atoms with E-state index >= 15 is 0 Å². The zero-order valence-electron chi connectivity index (χ0n) is 15.6. The third kappa shape index (κ3) is 3.90. The fourth-order valence-corrected chi connectivity index (χ4v) is 3.00. The maximum Gasteiger partial charge on any atom is 0.282 e. The number of amides is 1. The summed E-state index contributed by atoms with van der Waals surface area (Å²) in [5.41, 5.74) is 4.74. The molecule has 136 valence electrons. The fraction of sp³-hybridized carbons (Fsp3) is 0.227. The number of para-hydroxylation sites is 1. The van der Waals surface area contributed by atoms with Crippen molar-refractivity contribution in [1.82, 2.24) is 0 Å². The lowest BCUT2D eigenvalue weighted by Gasteiger charge is -2.12. The van der Waals surface area contributed by atoms with E-state index in [9.17, 15) is 4.79 Å². The topological polar surface area (TPSA) is 68.5 Å². The van der Waals surface area contributed by atoms with E-state index < -0.39 is 0 Å². The van der Waals surface area contributed by atoms with E-state index in [1.165, 1.54) is 10.6 Å². The molecule has 0 bridgehead atoms. The Balaban J connectivity index is 1.89. The molecule has 0 saturated carbocycles. The van der Waals surface area contributed by atoms with Crippen molar-refractivity contribution in [3.63, 3.8) is 0 Å². The van der Waals surface area contributed by atoms with Gasteiger partial charge in [-0.05, 0) is 48.7 Å². The average Bonchev–Trinajstić information content (AvgIpc) is 3.02. The van der Waals surface area contributed by atoms with Crippen LogP contribution in [-0.2, 0) is 11.2 Å². The summed E-state index contributed by atoms with van der Waals surface area (Å²) in [6, 6.07) is 17.0. The van der Waals surface area contributed by atoms with Crippen LogP contribution in [0.1, 0.15) is 37.8 Å². The number of nitriles is 1. The van der Waals surface area contributed by atoms with Crippen LogP contribution in [0.25, 0.3) is 0 Å². The zero-order valence-corrected chi connectivity index (χ0v) is 15.6. The summed E-state index contributed by atoms with van der Waals surface area (Å²) in [6.07, 6.45) is 4.29. The predicted molar refractivity (Wildman–Crippen MR) is 109 cm³/mol. The van der Waals surface area contributed by atoms with E-state index in [0.717, 1.165) is 30.7 Å². The Bertz CT molecular complexity index is 936. The van der Waals surface area contributed by atoms with Gasteiger partial charge in [0.05, 0.1) is 28.6 Å². The monoisotopic (exact) mass is 358 g/mol. The van der Waals surface area contributed by atoms with Crippen molar-refractivity contribution >= 4 is 23.0 Å². The SMILES string of the molecule is CCCC1=NN(c2ccc(C#N)cc2)C(=O)C1=CNc1ccccc1CC. The Kier molecular flexibility index (Phi) is 5.68. The van der Waals surface area contributed by atoms with Crippen LogP contribution in [0.2, 0.25) is 0 Å². The maximum absolute atomic E-state index is 13.0. The molecule has 0 spiro atoms. The number of hydrogen-bond donors (Lipinski definition) is 1. The van der Waals surface area contributed by atoms with Crippen LogP contribution in [0.15, 0.2) is 65.4 Å². The molecule has 1 N–H and O–H groups in total. The molecule has 1 aliphatic heterocycles. The number of nitrogens with one attached hydrogen (secondary N) is 1. The van der Waals surface area contributed by atoms with E-state index in [4.69, 9.17) is 5.26 Å². The smallest absolute Gasteiger partial charge is 0.282 e. The third-order valence-electron chi connectivity index (χ3n) is 4.45. The summed E-state index contributed by atoms with van der Waals surface area (Å²) >= 11 is 0. The molecule has 0 radical (unpaired) electrons. The second-order valence-corrected chi connectivity index (χ2v) is 6.29. The quantitative estimate of drug-likeness (QED) is 0.766. The predicted octanol–water partition coefficient (Wildman–Crippen LogP) is 4.62. The number of hydrogen-bond acceptors (Lipinski definition) is 4. The highest BCUT2D eigenvalue weighted by Gasteiger charge is 2.30. The van der Waals surface area contributed by atoms with Crippen LogP contribution in [-0.4, -0.2) is 11.6 Å². The normalized spacial score (nSPS) is 15.0. The second kappa shape index (κ2) is 8.33. The highest BCUT2D eigenvalue weighted by molar-refractivity contribution is 6.30. The maximum atomic E-state index is 13.0. The van der Waals surface area contributed by atoms with Gasteiger partial charge in [-0.1, -0.05) is 38.5 Å². The summed E-state index contributed by atoms with van der Waals surface area (Å²) in [7, 11) is 0. The minimum atomic E-state index is -0.162. The summed E-state index contributed by atoms with van der Waals surface area (Å²) in [6.45, 7) is 4.17. The molecule has 0 aromatic heterocycles. The Morgan fingerprint density at radius 3 is 2.56 bits per heavy atom. The molecule has 5 nitrogen and oxygen atoms in total. The molecule has 0 fully saturated rings. The van der Waals surface area contributed by atoms with Gasteiger partial charge in [-0.25, -0.2) is 0 Å². The highest BCUT2D eigenvalue weighted by Crippen LogP contribution is 2.26. The lowest BCUT2D eigenvalue weighted by Crippen LogP contribution is -2.22. The lowest BCUT2D eigenvalue weighted by molar-refractivity contribution is -0.114. The first-order chi connectivity index (χ1) is 13.2. The van der Waals surface area contributed by atoms with Crippen LogP contribution in [0.5, 0.6) is 0 Å². The Morgan fingerprint density at radius 2 is 1.89 bits per heavy atom. The summed E-state index contributed by atoms with van der Waals surface area (Å²) in [5, 5.41) is 18.2. The van der Waals surface area contributed by atoms with Gasteiger partial charge < -0.3 is 5.32 Å². The molecular weight excluding hydrogens is 336 g/mol. The first-order valence-corrected chi connectivity index (χ1v) is 9.15. The molecule has 2 aromatic rings. The van der Waals surface area contributed by atoms with Gasteiger partial charge in [-0.15, -0.1) is 0 Å². The second-order valence-electron chi connectivity index (χ2n) is 6.29. The Labute approximate surface area is 159 Å². The molecule has 0 aliphatic carbocycles. The first-order valence-electron chi connectivity index (χ1n) is 9.15. The molecule has 27 heavy (non-hydrogen) atoms. The minimum absolute atomic E-state index is 0.162. The number of rotatable bonds is 6. The van der Waals surface area contributed by atoms with Crippen molar-refractivity contribution in [1.29, 1.82) is 5.26 Å². The molecule has 5 heteroatoms. The van der Waals surface area contributed by atoms with Gasteiger partial charge in [0, 0.05) is 11.9 Å². The van der Waals surface area contributed by atoms with Crippen LogP contribution in [0.4, 0.5) is 11.4 Å². The van der Waals surface area contributed by atoms with Gasteiger partial charge in [0.2, 0.25) is 0 Å². The van der Waals surface area contributed by atoms with Gasteiger partial charge in [0.1, 0.15) is 0 Å². The minimum Gasteiger partial charge on any atom is -0.361 e. The summed E-state index contributed by atoms with van der Waals surface area (Å²) < 4.78 is 0. The summed E-state index contributed by atoms with van der Waals surface area (Å²) in [5.74, 6) is -0.162. The van der Waals surface area contributed by atoms with E-state index in [1.54, 1.807) is 30.5 Å². The van der Waals surface area contributed by atoms with E-state index in [0.29, 0.717) is 16.8 Å². The van der Waals surface area contributed by atoms with Crippen molar-refractivity contribution in [2.75, 3.05) is 10.3 Å². The van der Waals surface area contributed by atoms with Crippen molar-refractivity contribution in [3.8, 4) is 6.07 Å². The third-order valence-corrected chi connectivity index (χ3v) is 4.45. The number of hydrazone groups is 1. The van der Waals surface area contributed by atoms with Gasteiger partial charge >= 0.3 is 0 Å². The van der Waals surface area contributed by atoms with Crippen molar-refractivity contribution in [3.05, 3.63) is 71.4 Å². The van der Waals surface area contributed by atoms with Crippen LogP contribution in [0.3, 0.4) is 0 Å². The van der Waals surface area contributed by atoms with Crippen LogP contribution < -0.4 is 10.3 Å². The molecule has 1 heterocycles. The van der Waals surface area contributed by atoms with Gasteiger partial charge in [0.25, 0.3) is 5.91 Å². The Hall–Kier alpha value is -3.39. The van der Waals surface area contributed by atoms with Crippen molar-refractivity contribution in [2.24, 2.45) is 5.10 Å². The molecule has 3 rings (SSSR count). The number of anilines is 2. The van der Waals surface area contributed by atoms with Gasteiger partial charge in [0.15, 0.2) is 0 Å². The fourth-order valence-electron chi connectivity index (χ4n) is 3.00. The molecule has 2 aromatic carbocycles. The largest absolute Gasteiger partial charge is 0.361 e. The number of nitrogens with zero attached hydrogens (tertiary/aromatic N) is 3. The number of aryl methyl sites for hydroxylation is 1. The molecular formula is C22H22N4O. The molecule has 0 saturated heterocycles. The van der Waals surface area contributed by atoms with Gasteiger partial charge in [-0.3, -0.25) is 4.79 Å². The van der Waals surface area contributed by atoms with Crippen LogP contribution in [0, 0.1) is 11.3 Å². The average molecular weight is 358 g/mol. The van der Waals surface area contributed by atoms with E-state index in [-0.39, 0.29) is 5.91 Å². The summed E-state index contributed by atoms with van der Waals surface area (Å²) in [4.78, 5) is 13.0. The molecule has 0 atom stereocenters. The molecule has 1 aliphatic rings. The zero-order chi connectivity index (χ0) is 19.2. The van der Waals surface area contributed by atoms with E-state index in [1.807, 2.05) is 18.2 Å². The lowest BCUT2D eigenvalue weighted by atomic mass is 10.1. The van der Waals surface area contributed by atoms with Gasteiger partial charge in [-0.2, -0.15) is 15.4 Å². The van der Waals surface area contributed by atoms with Crippen molar-refractivity contribution < 1.29 is 4.79 Å². The number of carbonyl (C=O) groups is 1. The van der Waals surface area contributed by atoms with Crippen LogP contribution >= 0.6 is 0 Å². The highest BCUT2D eigenvalue weighted by atomic mass is 16.2. The number of carbonyl (C=O) groups excluding carboxylic acids is 1. The van der Waals surface area contributed by atoms with Crippen molar-refractivity contribution in [2.45, 2.75) is 33.1 Å². The first kappa shape index (κ1) is 18.4.